The lowest BCUT2D eigenvalue weighted by Crippen LogP contribution is -2.48. The van der Waals surface area contributed by atoms with Gasteiger partial charge in [0.05, 0.1) is 11.5 Å². The fraction of sp³-hybridized carbons (Fsp3) is 0.316. The molecule has 2 aromatic carbocycles. The van der Waals surface area contributed by atoms with Gasteiger partial charge in [-0.25, -0.2) is 0 Å². The van der Waals surface area contributed by atoms with Crippen molar-refractivity contribution in [3.05, 3.63) is 69.2 Å². The summed E-state index contributed by atoms with van der Waals surface area (Å²) in [5, 5.41) is 14.3. The molecule has 0 saturated carbocycles. The van der Waals surface area contributed by atoms with Gasteiger partial charge >= 0.3 is 0 Å². The molecule has 27 heavy (non-hydrogen) atoms. The zero-order chi connectivity index (χ0) is 19.2. The molecule has 1 aliphatic rings. The summed E-state index contributed by atoms with van der Waals surface area (Å²) < 4.78 is 0. The van der Waals surface area contributed by atoms with Crippen molar-refractivity contribution in [3.63, 3.8) is 0 Å². The van der Waals surface area contributed by atoms with Crippen LogP contribution in [0.2, 0.25) is 5.02 Å². The van der Waals surface area contributed by atoms with Crippen molar-refractivity contribution < 1.29 is 9.72 Å². The number of nitrogens with zero attached hydrogens (tertiary/aromatic N) is 3. The number of nitro benzene ring substituents is 1. The molecule has 7 nitrogen and oxygen atoms in total. The number of carbonyl (C=O) groups excluding carboxylic acids is 1. The van der Waals surface area contributed by atoms with Crippen molar-refractivity contribution in [2.45, 2.75) is 6.54 Å². The molecule has 0 atom stereocenters. The van der Waals surface area contributed by atoms with Gasteiger partial charge in [-0.05, 0) is 17.7 Å². The van der Waals surface area contributed by atoms with Crippen LogP contribution in [0.15, 0.2) is 48.5 Å². The van der Waals surface area contributed by atoms with Gasteiger partial charge < -0.3 is 5.32 Å². The quantitative estimate of drug-likeness (QED) is 0.608. The molecule has 0 bridgehead atoms. The summed E-state index contributed by atoms with van der Waals surface area (Å²) in [6, 6.07) is 13.8. The van der Waals surface area contributed by atoms with E-state index >= 15 is 0 Å². The van der Waals surface area contributed by atoms with Gasteiger partial charge in [-0.3, -0.25) is 24.7 Å². The van der Waals surface area contributed by atoms with Gasteiger partial charge in [0.1, 0.15) is 0 Å². The highest BCUT2D eigenvalue weighted by atomic mass is 35.5. The second-order valence-electron chi connectivity index (χ2n) is 6.50. The number of amides is 1. The molecule has 1 saturated heterocycles. The van der Waals surface area contributed by atoms with Crippen molar-refractivity contribution in [2.75, 3.05) is 38.0 Å². The number of non-ortho nitro benzene ring substituents is 1. The molecular formula is C19H21ClN4O3. The van der Waals surface area contributed by atoms with E-state index in [9.17, 15) is 14.9 Å². The molecule has 0 aliphatic carbocycles. The molecule has 3 rings (SSSR count). The van der Waals surface area contributed by atoms with E-state index in [0.717, 1.165) is 43.3 Å². The second-order valence-corrected chi connectivity index (χ2v) is 6.91. The molecule has 0 radical (unpaired) electrons. The highest BCUT2D eigenvalue weighted by Crippen LogP contribution is 2.19. The molecule has 0 aromatic heterocycles. The van der Waals surface area contributed by atoms with E-state index in [2.05, 4.69) is 15.1 Å². The molecule has 0 unspecified atom stereocenters. The maximum Gasteiger partial charge on any atom is 0.271 e. The van der Waals surface area contributed by atoms with Crippen molar-refractivity contribution in [1.82, 2.24) is 9.80 Å². The number of nitrogens with one attached hydrogen (secondary N) is 1. The third-order valence-corrected chi connectivity index (χ3v) is 4.89. The fourth-order valence-electron chi connectivity index (χ4n) is 3.07. The smallest absolute Gasteiger partial charge is 0.271 e. The van der Waals surface area contributed by atoms with E-state index in [1.807, 2.05) is 24.3 Å². The van der Waals surface area contributed by atoms with Crippen molar-refractivity contribution in [3.8, 4) is 0 Å². The summed E-state index contributed by atoms with van der Waals surface area (Å²) in [5.74, 6) is -0.171. The lowest BCUT2D eigenvalue weighted by Gasteiger charge is -2.34. The average Bonchev–Trinajstić information content (AvgIpc) is 2.65. The fourth-order valence-corrected chi connectivity index (χ4v) is 3.27. The summed E-state index contributed by atoms with van der Waals surface area (Å²) >= 11 is 6.22. The van der Waals surface area contributed by atoms with Crippen LogP contribution < -0.4 is 5.32 Å². The molecule has 1 heterocycles. The highest BCUT2D eigenvalue weighted by Gasteiger charge is 2.20. The molecular weight excluding hydrogens is 368 g/mol. The van der Waals surface area contributed by atoms with Crippen LogP contribution in [-0.4, -0.2) is 53.4 Å². The molecule has 1 aliphatic heterocycles. The van der Waals surface area contributed by atoms with Gasteiger partial charge in [0.25, 0.3) is 5.69 Å². The number of benzene rings is 2. The Balaban J connectivity index is 1.46. The van der Waals surface area contributed by atoms with Gasteiger partial charge in [0, 0.05) is 55.6 Å². The first-order valence-corrected chi connectivity index (χ1v) is 9.11. The van der Waals surface area contributed by atoms with E-state index in [1.54, 1.807) is 12.1 Å². The minimum absolute atomic E-state index is 0.0408. The van der Waals surface area contributed by atoms with E-state index in [1.165, 1.54) is 12.1 Å². The molecule has 1 amide bonds. The molecule has 2 aromatic rings. The summed E-state index contributed by atoms with van der Waals surface area (Å²) in [6.45, 7) is 4.35. The van der Waals surface area contributed by atoms with Crippen LogP contribution in [0.25, 0.3) is 0 Å². The first-order valence-electron chi connectivity index (χ1n) is 8.74. The Morgan fingerprint density at radius 2 is 1.78 bits per heavy atom. The van der Waals surface area contributed by atoms with Gasteiger partial charge in [0.2, 0.25) is 5.91 Å². The van der Waals surface area contributed by atoms with Crippen LogP contribution >= 0.6 is 11.6 Å². The zero-order valence-corrected chi connectivity index (χ0v) is 15.6. The number of hydrogen-bond donors (Lipinski definition) is 1. The number of halogens is 1. The predicted octanol–water partition coefficient (Wildman–Crippen LogP) is 3.00. The largest absolute Gasteiger partial charge is 0.325 e. The van der Waals surface area contributed by atoms with Gasteiger partial charge in [-0.2, -0.15) is 0 Å². The highest BCUT2D eigenvalue weighted by molar-refractivity contribution is 6.31. The maximum atomic E-state index is 12.2. The third-order valence-electron chi connectivity index (χ3n) is 4.52. The van der Waals surface area contributed by atoms with Gasteiger partial charge in [0.15, 0.2) is 0 Å². The maximum absolute atomic E-state index is 12.2. The standard InChI is InChI=1S/C19H21ClN4O3/c20-18-7-2-1-4-15(18)13-22-8-10-23(11-9-22)14-19(25)21-16-5-3-6-17(12-16)24(26)27/h1-7,12H,8-11,13-14H2,(H,21,25). The van der Waals surface area contributed by atoms with E-state index in [4.69, 9.17) is 11.6 Å². The molecule has 1 N–H and O–H groups in total. The number of anilines is 1. The van der Waals surface area contributed by atoms with Crippen LogP contribution in [0.5, 0.6) is 0 Å². The van der Waals surface area contributed by atoms with Crippen LogP contribution in [-0.2, 0) is 11.3 Å². The third kappa shape index (κ3) is 5.50. The Morgan fingerprint density at radius 1 is 1.07 bits per heavy atom. The number of carbonyl (C=O) groups is 1. The second kappa shape index (κ2) is 8.94. The normalized spacial score (nSPS) is 15.4. The van der Waals surface area contributed by atoms with Crippen molar-refractivity contribution >= 4 is 28.9 Å². The monoisotopic (exact) mass is 388 g/mol. The Kier molecular flexibility index (Phi) is 6.39. The summed E-state index contributed by atoms with van der Waals surface area (Å²) in [7, 11) is 0. The topological polar surface area (TPSA) is 78.7 Å². The van der Waals surface area contributed by atoms with Crippen molar-refractivity contribution in [2.24, 2.45) is 0 Å². The van der Waals surface area contributed by atoms with Crippen LogP contribution in [0, 0.1) is 10.1 Å². The molecule has 8 heteroatoms. The molecule has 0 spiro atoms. The number of piperazine rings is 1. The zero-order valence-electron chi connectivity index (χ0n) is 14.8. The number of hydrogen-bond acceptors (Lipinski definition) is 5. The minimum Gasteiger partial charge on any atom is -0.325 e. The first-order chi connectivity index (χ1) is 13.0. The lowest BCUT2D eigenvalue weighted by atomic mass is 10.2. The van der Waals surface area contributed by atoms with Crippen molar-refractivity contribution in [1.29, 1.82) is 0 Å². The summed E-state index contributed by atoms with van der Waals surface area (Å²) in [6.07, 6.45) is 0. The summed E-state index contributed by atoms with van der Waals surface area (Å²) in [4.78, 5) is 27.0. The van der Waals surface area contributed by atoms with E-state index in [0.29, 0.717) is 5.69 Å². The molecule has 1 fully saturated rings. The van der Waals surface area contributed by atoms with Gasteiger partial charge in [-0.15, -0.1) is 0 Å². The SMILES string of the molecule is O=C(CN1CCN(Cc2ccccc2Cl)CC1)Nc1cccc([N+](=O)[O-])c1. The Bertz CT molecular complexity index is 822. The van der Waals surface area contributed by atoms with Gasteiger partial charge in [-0.1, -0.05) is 35.9 Å². The Hall–Kier alpha value is -2.48. The van der Waals surface area contributed by atoms with E-state index < -0.39 is 4.92 Å². The Morgan fingerprint density at radius 3 is 2.48 bits per heavy atom. The van der Waals surface area contributed by atoms with Crippen LogP contribution in [0.3, 0.4) is 0 Å². The first kappa shape index (κ1) is 19.3. The number of nitro groups is 1. The van der Waals surface area contributed by atoms with Crippen LogP contribution in [0.4, 0.5) is 11.4 Å². The lowest BCUT2D eigenvalue weighted by molar-refractivity contribution is -0.384. The predicted molar refractivity (Wildman–Crippen MR) is 105 cm³/mol. The van der Waals surface area contributed by atoms with E-state index in [-0.39, 0.29) is 18.1 Å². The van der Waals surface area contributed by atoms with Crippen LogP contribution in [0.1, 0.15) is 5.56 Å². The Labute approximate surface area is 162 Å². The average molecular weight is 389 g/mol. The minimum atomic E-state index is -0.478. The number of rotatable bonds is 6. The summed E-state index contributed by atoms with van der Waals surface area (Å²) in [5.41, 5.74) is 1.50. The molecule has 142 valence electrons.